The van der Waals surface area contributed by atoms with E-state index in [-0.39, 0.29) is 0 Å². The average molecular weight is 267 g/mol. The first kappa shape index (κ1) is 14.0. The van der Waals surface area contributed by atoms with Crippen molar-refractivity contribution in [2.45, 2.75) is 19.4 Å². The molecule has 4 heteroatoms. The SMILES string of the molecule is CC1CN(CCNCCc2cccs2)CCN1C. The highest BCUT2D eigenvalue weighted by atomic mass is 32.1. The summed E-state index contributed by atoms with van der Waals surface area (Å²) < 4.78 is 0. The van der Waals surface area contributed by atoms with Crippen molar-refractivity contribution in [3.63, 3.8) is 0 Å². The zero-order valence-corrected chi connectivity index (χ0v) is 12.4. The van der Waals surface area contributed by atoms with Gasteiger partial charge in [0.05, 0.1) is 0 Å². The van der Waals surface area contributed by atoms with E-state index in [1.54, 1.807) is 0 Å². The molecule has 1 fully saturated rings. The smallest absolute Gasteiger partial charge is 0.0192 e. The molecule has 0 aromatic carbocycles. The van der Waals surface area contributed by atoms with Crippen molar-refractivity contribution in [3.8, 4) is 0 Å². The summed E-state index contributed by atoms with van der Waals surface area (Å²) in [4.78, 5) is 6.50. The fourth-order valence-corrected chi connectivity index (χ4v) is 3.06. The highest BCUT2D eigenvalue weighted by Gasteiger charge is 2.19. The van der Waals surface area contributed by atoms with Crippen molar-refractivity contribution in [2.75, 3.05) is 46.3 Å². The van der Waals surface area contributed by atoms with E-state index in [1.807, 2.05) is 11.3 Å². The molecule has 0 radical (unpaired) electrons. The molecule has 0 bridgehead atoms. The van der Waals surface area contributed by atoms with Crippen molar-refractivity contribution in [1.29, 1.82) is 0 Å². The van der Waals surface area contributed by atoms with Gasteiger partial charge in [0.2, 0.25) is 0 Å². The minimum absolute atomic E-state index is 0.699. The first-order valence-corrected chi connectivity index (χ1v) is 7.79. The van der Waals surface area contributed by atoms with E-state index < -0.39 is 0 Å². The molecule has 1 atom stereocenters. The second-order valence-electron chi connectivity index (χ2n) is 5.21. The van der Waals surface area contributed by atoms with Crippen LogP contribution < -0.4 is 5.32 Å². The Balaban J connectivity index is 1.53. The molecule has 0 amide bonds. The van der Waals surface area contributed by atoms with Gasteiger partial charge in [0.1, 0.15) is 0 Å². The van der Waals surface area contributed by atoms with Crippen LogP contribution >= 0.6 is 11.3 Å². The lowest BCUT2D eigenvalue weighted by Gasteiger charge is -2.37. The van der Waals surface area contributed by atoms with E-state index >= 15 is 0 Å². The molecule has 2 heterocycles. The standard InChI is InChI=1S/C14H25N3S/c1-13-12-17(10-9-16(13)2)8-7-15-6-5-14-4-3-11-18-14/h3-4,11,13,15H,5-10,12H2,1-2H3. The Bertz CT molecular complexity index is 326. The van der Waals surface area contributed by atoms with Crippen LogP contribution in [-0.2, 0) is 6.42 Å². The summed E-state index contributed by atoms with van der Waals surface area (Å²) in [5.74, 6) is 0. The van der Waals surface area contributed by atoms with Crippen molar-refractivity contribution >= 4 is 11.3 Å². The number of rotatable bonds is 6. The molecule has 102 valence electrons. The van der Waals surface area contributed by atoms with Crippen LogP contribution in [0.5, 0.6) is 0 Å². The third-order valence-electron chi connectivity index (χ3n) is 3.78. The highest BCUT2D eigenvalue weighted by molar-refractivity contribution is 7.09. The summed E-state index contributed by atoms with van der Waals surface area (Å²) in [6, 6.07) is 5.05. The topological polar surface area (TPSA) is 18.5 Å². The normalized spacial score (nSPS) is 22.4. The fourth-order valence-electron chi connectivity index (χ4n) is 2.36. The summed E-state index contributed by atoms with van der Waals surface area (Å²) in [5.41, 5.74) is 0. The highest BCUT2D eigenvalue weighted by Crippen LogP contribution is 2.08. The largest absolute Gasteiger partial charge is 0.315 e. The Hall–Kier alpha value is -0.420. The van der Waals surface area contributed by atoms with Crippen molar-refractivity contribution in [1.82, 2.24) is 15.1 Å². The first-order chi connectivity index (χ1) is 8.75. The van der Waals surface area contributed by atoms with Crippen LogP contribution in [0.15, 0.2) is 17.5 Å². The van der Waals surface area contributed by atoms with E-state index in [0.29, 0.717) is 6.04 Å². The van der Waals surface area contributed by atoms with Crippen LogP contribution in [0.2, 0.25) is 0 Å². The van der Waals surface area contributed by atoms with E-state index in [2.05, 4.69) is 46.6 Å². The molecular formula is C14H25N3S. The molecule has 0 spiro atoms. The molecule has 18 heavy (non-hydrogen) atoms. The second kappa shape index (κ2) is 7.24. The second-order valence-corrected chi connectivity index (χ2v) is 6.24. The van der Waals surface area contributed by atoms with Gasteiger partial charge in [0.25, 0.3) is 0 Å². The van der Waals surface area contributed by atoms with Crippen LogP contribution in [0.3, 0.4) is 0 Å². The lowest BCUT2D eigenvalue weighted by molar-refractivity contribution is 0.106. The molecular weight excluding hydrogens is 242 g/mol. The van der Waals surface area contributed by atoms with Crippen molar-refractivity contribution in [3.05, 3.63) is 22.4 Å². The maximum absolute atomic E-state index is 3.55. The van der Waals surface area contributed by atoms with E-state index in [9.17, 15) is 0 Å². The van der Waals surface area contributed by atoms with Crippen LogP contribution in [0.4, 0.5) is 0 Å². The molecule has 1 aliphatic heterocycles. The summed E-state index contributed by atoms with van der Waals surface area (Å²) in [7, 11) is 2.22. The molecule has 1 saturated heterocycles. The number of thiophene rings is 1. The van der Waals surface area contributed by atoms with E-state index in [4.69, 9.17) is 0 Å². The summed E-state index contributed by atoms with van der Waals surface area (Å²) in [6.07, 6.45) is 1.16. The minimum atomic E-state index is 0.699. The van der Waals surface area contributed by atoms with Crippen LogP contribution in [0.25, 0.3) is 0 Å². The molecule has 1 aromatic heterocycles. The third-order valence-corrected chi connectivity index (χ3v) is 4.71. The Morgan fingerprint density at radius 3 is 3.00 bits per heavy atom. The summed E-state index contributed by atoms with van der Waals surface area (Å²) in [6.45, 7) is 9.34. The molecule has 0 aliphatic carbocycles. The van der Waals surface area contributed by atoms with Crippen molar-refractivity contribution in [2.24, 2.45) is 0 Å². The Labute approximate surface area is 115 Å². The van der Waals surface area contributed by atoms with Crippen molar-refractivity contribution < 1.29 is 0 Å². The average Bonchev–Trinajstić information content (AvgIpc) is 2.86. The maximum atomic E-state index is 3.55. The number of hydrogen-bond donors (Lipinski definition) is 1. The van der Waals surface area contributed by atoms with E-state index in [1.165, 1.54) is 31.1 Å². The van der Waals surface area contributed by atoms with E-state index in [0.717, 1.165) is 19.5 Å². The van der Waals surface area contributed by atoms with Gasteiger partial charge in [-0.15, -0.1) is 11.3 Å². The van der Waals surface area contributed by atoms with Gasteiger partial charge in [-0.05, 0) is 31.8 Å². The zero-order valence-electron chi connectivity index (χ0n) is 11.6. The van der Waals surface area contributed by atoms with Crippen LogP contribution in [-0.4, -0.2) is 62.2 Å². The fraction of sp³-hybridized carbons (Fsp3) is 0.714. The lowest BCUT2D eigenvalue weighted by Crippen LogP contribution is -2.51. The number of hydrogen-bond acceptors (Lipinski definition) is 4. The maximum Gasteiger partial charge on any atom is 0.0192 e. The quantitative estimate of drug-likeness (QED) is 0.788. The predicted octanol–water partition coefficient (Wildman–Crippen LogP) is 1.52. The first-order valence-electron chi connectivity index (χ1n) is 6.91. The number of likely N-dealkylation sites (N-methyl/N-ethyl adjacent to an activating group) is 1. The Morgan fingerprint density at radius 2 is 2.28 bits per heavy atom. The van der Waals surface area contributed by atoms with Crippen LogP contribution in [0.1, 0.15) is 11.8 Å². The molecule has 3 nitrogen and oxygen atoms in total. The monoisotopic (exact) mass is 267 g/mol. The van der Waals surface area contributed by atoms with Gasteiger partial charge in [0, 0.05) is 50.2 Å². The minimum Gasteiger partial charge on any atom is -0.315 e. The molecule has 0 saturated carbocycles. The summed E-state index contributed by atoms with van der Waals surface area (Å²) >= 11 is 1.85. The molecule has 1 aliphatic rings. The number of nitrogens with one attached hydrogen (secondary N) is 1. The molecule has 2 rings (SSSR count). The molecule has 1 unspecified atom stereocenters. The predicted molar refractivity (Wildman–Crippen MR) is 79.4 cm³/mol. The van der Waals surface area contributed by atoms with Gasteiger partial charge in [-0.3, -0.25) is 4.90 Å². The summed E-state index contributed by atoms with van der Waals surface area (Å²) in [5, 5.41) is 5.70. The van der Waals surface area contributed by atoms with Gasteiger partial charge < -0.3 is 10.2 Å². The Kier molecular flexibility index (Phi) is 5.63. The van der Waals surface area contributed by atoms with Gasteiger partial charge >= 0.3 is 0 Å². The number of nitrogens with zero attached hydrogens (tertiary/aromatic N) is 2. The third kappa shape index (κ3) is 4.35. The van der Waals surface area contributed by atoms with Gasteiger partial charge in [-0.2, -0.15) is 0 Å². The van der Waals surface area contributed by atoms with Crippen LogP contribution in [0, 0.1) is 0 Å². The van der Waals surface area contributed by atoms with Gasteiger partial charge in [-0.1, -0.05) is 6.07 Å². The van der Waals surface area contributed by atoms with Gasteiger partial charge in [0.15, 0.2) is 0 Å². The molecule has 1 N–H and O–H groups in total. The van der Waals surface area contributed by atoms with Gasteiger partial charge in [-0.25, -0.2) is 0 Å². The lowest BCUT2D eigenvalue weighted by atomic mass is 10.2. The zero-order chi connectivity index (χ0) is 12.8. The number of piperazine rings is 1. The Morgan fingerprint density at radius 1 is 1.39 bits per heavy atom. The molecule has 1 aromatic rings.